The molecule has 0 fully saturated rings. The van der Waals surface area contributed by atoms with Crippen LogP contribution < -0.4 is 5.73 Å². The SMILES string of the molecule is COCCN(C(C)COC)C(CN)(CC(C)C)CC(C)C. The fourth-order valence-electron chi connectivity index (χ4n) is 3.57. The Balaban J connectivity index is 5.38. The predicted molar refractivity (Wildman–Crippen MR) is 90.6 cm³/mol. The highest BCUT2D eigenvalue weighted by molar-refractivity contribution is 4.95. The third-order valence-corrected chi connectivity index (χ3v) is 4.04. The number of rotatable bonds is 12. The van der Waals surface area contributed by atoms with Crippen molar-refractivity contribution >= 4 is 0 Å². The number of methoxy groups -OCH3 is 2. The minimum atomic E-state index is 0.0266. The monoisotopic (exact) mass is 302 g/mol. The zero-order valence-electron chi connectivity index (χ0n) is 15.3. The van der Waals surface area contributed by atoms with E-state index >= 15 is 0 Å². The molecule has 0 aromatic rings. The molecule has 21 heavy (non-hydrogen) atoms. The van der Waals surface area contributed by atoms with Crippen molar-refractivity contribution in [3.05, 3.63) is 0 Å². The van der Waals surface area contributed by atoms with Crippen LogP contribution in [-0.2, 0) is 9.47 Å². The smallest absolute Gasteiger partial charge is 0.0615 e. The van der Waals surface area contributed by atoms with Gasteiger partial charge >= 0.3 is 0 Å². The van der Waals surface area contributed by atoms with Gasteiger partial charge in [-0.3, -0.25) is 4.90 Å². The highest BCUT2D eigenvalue weighted by Gasteiger charge is 2.38. The van der Waals surface area contributed by atoms with Gasteiger partial charge in [0.25, 0.3) is 0 Å². The van der Waals surface area contributed by atoms with Crippen LogP contribution in [0, 0.1) is 11.8 Å². The first-order valence-corrected chi connectivity index (χ1v) is 8.27. The number of hydrogen-bond donors (Lipinski definition) is 1. The van der Waals surface area contributed by atoms with Gasteiger partial charge in [-0.25, -0.2) is 0 Å². The number of hydrogen-bond acceptors (Lipinski definition) is 4. The molecule has 1 unspecified atom stereocenters. The van der Waals surface area contributed by atoms with Gasteiger partial charge in [0.1, 0.15) is 0 Å². The topological polar surface area (TPSA) is 47.7 Å². The molecule has 0 rings (SSSR count). The summed E-state index contributed by atoms with van der Waals surface area (Å²) in [5.41, 5.74) is 6.31. The van der Waals surface area contributed by atoms with E-state index in [9.17, 15) is 0 Å². The van der Waals surface area contributed by atoms with Gasteiger partial charge in [0.05, 0.1) is 13.2 Å². The van der Waals surface area contributed by atoms with Crippen LogP contribution >= 0.6 is 0 Å². The first-order valence-electron chi connectivity index (χ1n) is 8.27. The Bertz CT molecular complexity index is 247. The van der Waals surface area contributed by atoms with Gasteiger partial charge in [0.2, 0.25) is 0 Å². The van der Waals surface area contributed by atoms with Crippen LogP contribution in [-0.4, -0.2) is 57.0 Å². The number of nitrogens with zero attached hydrogens (tertiary/aromatic N) is 1. The standard InChI is InChI=1S/C17H38N2O2/c1-14(2)10-17(13-18,11-15(3)4)19(8-9-20-6)16(5)12-21-7/h14-16H,8-13,18H2,1-7H3. The fourth-order valence-corrected chi connectivity index (χ4v) is 3.57. The molecule has 0 aromatic heterocycles. The van der Waals surface area contributed by atoms with Gasteiger partial charge in [-0.1, -0.05) is 27.7 Å². The molecule has 0 bridgehead atoms. The summed E-state index contributed by atoms with van der Waals surface area (Å²) < 4.78 is 10.7. The molecule has 128 valence electrons. The molecule has 0 spiro atoms. The lowest BCUT2D eigenvalue weighted by molar-refractivity contribution is -0.0208. The maximum atomic E-state index is 6.29. The molecule has 4 heteroatoms. The molecule has 0 saturated heterocycles. The summed E-state index contributed by atoms with van der Waals surface area (Å²) in [4.78, 5) is 2.53. The van der Waals surface area contributed by atoms with Crippen molar-refractivity contribution in [2.24, 2.45) is 17.6 Å². The molecule has 0 amide bonds. The summed E-state index contributed by atoms with van der Waals surface area (Å²) in [6.45, 7) is 14.4. The number of nitrogens with two attached hydrogens (primary N) is 1. The van der Waals surface area contributed by atoms with Gasteiger partial charge in [0.15, 0.2) is 0 Å². The summed E-state index contributed by atoms with van der Waals surface area (Å²) in [6, 6.07) is 0.339. The van der Waals surface area contributed by atoms with Crippen molar-refractivity contribution in [2.75, 3.05) is 40.5 Å². The lowest BCUT2D eigenvalue weighted by atomic mass is 9.79. The van der Waals surface area contributed by atoms with Crippen molar-refractivity contribution in [1.29, 1.82) is 0 Å². The van der Waals surface area contributed by atoms with Crippen molar-refractivity contribution in [3.63, 3.8) is 0 Å². The van der Waals surface area contributed by atoms with E-state index in [1.807, 2.05) is 0 Å². The van der Waals surface area contributed by atoms with E-state index in [4.69, 9.17) is 15.2 Å². The molecule has 0 aromatic carbocycles. The third kappa shape index (κ3) is 7.09. The van der Waals surface area contributed by atoms with Crippen LogP contribution in [0.5, 0.6) is 0 Å². The van der Waals surface area contributed by atoms with E-state index < -0.39 is 0 Å². The molecule has 0 aliphatic rings. The lowest BCUT2D eigenvalue weighted by Crippen LogP contribution is -2.60. The summed E-state index contributed by atoms with van der Waals surface area (Å²) >= 11 is 0. The van der Waals surface area contributed by atoms with Crippen molar-refractivity contribution in [1.82, 2.24) is 4.90 Å². The van der Waals surface area contributed by atoms with E-state index in [0.29, 0.717) is 24.4 Å². The lowest BCUT2D eigenvalue weighted by Gasteiger charge is -2.48. The second kappa shape index (κ2) is 10.5. The first-order chi connectivity index (χ1) is 9.82. The van der Waals surface area contributed by atoms with Crippen molar-refractivity contribution < 1.29 is 9.47 Å². The first kappa shape index (κ1) is 20.8. The van der Waals surface area contributed by atoms with Crippen LogP contribution in [0.3, 0.4) is 0 Å². The summed E-state index contributed by atoms with van der Waals surface area (Å²) in [6.07, 6.45) is 2.22. The zero-order valence-corrected chi connectivity index (χ0v) is 15.3. The molecule has 0 aliphatic heterocycles. The maximum Gasteiger partial charge on any atom is 0.0615 e. The van der Waals surface area contributed by atoms with Crippen LogP contribution in [0.15, 0.2) is 0 Å². The van der Waals surface area contributed by atoms with Crippen LogP contribution in [0.1, 0.15) is 47.5 Å². The average molecular weight is 303 g/mol. The van der Waals surface area contributed by atoms with Crippen molar-refractivity contribution in [3.8, 4) is 0 Å². The van der Waals surface area contributed by atoms with Crippen LogP contribution in [0.2, 0.25) is 0 Å². The van der Waals surface area contributed by atoms with Gasteiger partial charge in [0, 0.05) is 38.9 Å². The maximum absolute atomic E-state index is 6.29. The fraction of sp³-hybridized carbons (Fsp3) is 1.00. The Labute approximate surface area is 132 Å². The van der Waals surface area contributed by atoms with Crippen LogP contribution in [0.4, 0.5) is 0 Å². The zero-order chi connectivity index (χ0) is 16.5. The molecule has 0 aliphatic carbocycles. The van der Waals surface area contributed by atoms with E-state index in [2.05, 4.69) is 39.5 Å². The largest absolute Gasteiger partial charge is 0.383 e. The van der Waals surface area contributed by atoms with E-state index in [0.717, 1.165) is 32.6 Å². The molecule has 0 heterocycles. The Morgan fingerprint density at radius 3 is 1.81 bits per heavy atom. The predicted octanol–water partition coefficient (Wildman–Crippen LogP) is 2.76. The van der Waals surface area contributed by atoms with Gasteiger partial charge in [-0.05, 0) is 31.6 Å². The summed E-state index contributed by atoms with van der Waals surface area (Å²) in [5, 5.41) is 0. The Morgan fingerprint density at radius 2 is 1.48 bits per heavy atom. The summed E-state index contributed by atoms with van der Waals surface area (Å²) in [7, 11) is 3.52. The highest BCUT2D eigenvalue weighted by atomic mass is 16.5. The van der Waals surface area contributed by atoms with E-state index in [1.54, 1.807) is 14.2 Å². The van der Waals surface area contributed by atoms with Gasteiger partial charge < -0.3 is 15.2 Å². The third-order valence-electron chi connectivity index (χ3n) is 4.04. The van der Waals surface area contributed by atoms with Gasteiger partial charge in [-0.15, -0.1) is 0 Å². The summed E-state index contributed by atoms with van der Waals surface area (Å²) in [5.74, 6) is 1.24. The second-order valence-electron chi connectivity index (χ2n) is 7.11. The average Bonchev–Trinajstić information content (AvgIpc) is 2.37. The Morgan fingerprint density at radius 1 is 0.952 bits per heavy atom. The minimum absolute atomic E-state index is 0.0266. The number of ether oxygens (including phenoxy) is 2. The molecule has 0 radical (unpaired) electrons. The normalized spacial score (nSPS) is 14.4. The molecule has 4 nitrogen and oxygen atoms in total. The minimum Gasteiger partial charge on any atom is -0.383 e. The molecule has 1 atom stereocenters. The van der Waals surface area contributed by atoms with Gasteiger partial charge in [-0.2, -0.15) is 0 Å². The molecule has 2 N–H and O–H groups in total. The molecular formula is C17H38N2O2. The van der Waals surface area contributed by atoms with Crippen molar-refractivity contribution in [2.45, 2.75) is 59.0 Å². The quantitative estimate of drug-likeness (QED) is 0.602. The molecule has 0 saturated carbocycles. The molecular weight excluding hydrogens is 264 g/mol. The van der Waals surface area contributed by atoms with Crippen LogP contribution in [0.25, 0.3) is 0 Å². The second-order valence-corrected chi connectivity index (χ2v) is 7.11. The van der Waals surface area contributed by atoms with E-state index in [-0.39, 0.29) is 5.54 Å². The Kier molecular flexibility index (Phi) is 10.5. The van der Waals surface area contributed by atoms with E-state index in [1.165, 1.54) is 0 Å². The Hall–Kier alpha value is -0.160. The highest BCUT2D eigenvalue weighted by Crippen LogP contribution is 2.32.